The largest absolute Gasteiger partial charge is 0.313 e. The molecule has 0 atom stereocenters. The Balaban J connectivity index is 1.10. The lowest BCUT2D eigenvalue weighted by Gasteiger charge is -2.14. The minimum absolute atomic E-state index is 1.04. The average molecular weight is 745 g/mol. The molecule has 3 heteroatoms. The number of hydrogen-bond acceptors (Lipinski definition) is 1. The number of thiophene rings is 1. The van der Waals surface area contributed by atoms with E-state index in [1.807, 2.05) is 11.3 Å². The standard InChI is InChI=1S/C54H36N2S/c1-3-14-35(15-4-1)36-16-13-17-39(30-36)47-33-41(34-48-46-22-9-12-25-53(46)57-54(47)48)56-50-24-11-8-21-43(50)45-29-27-38(32-52(45)56)37-26-28-44-42-20-7-10-23-49(42)55(51(44)31-37)40-18-5-2-6-19-40/h1-9,11-22,24-34H,10,23H2. The van der Waals surface area contributed by atoms with Crippen molar-refractivity contribution in [2.24, 2.45) is 0 Å². The molecular weight excluding hydrogens is 709 g/mol. The van der Waals surface area contributed by atoms with Crippen molar-refractivity contribution in [3.63, 3.8) is 0 Å². The fourth-order valence-electron chi connectivity index (χ4n) is 9.35. The Morgan fingerprint density at radius 3 is 1.89 bits per heavy atom. The zero-order valence-corrected chi connectivity index (χ0v) is 32.0. The Hall–Kier alpha value is -6.94. The molecule has 0 aliphatic heterocycles. The van der Waals surface area contributed by atoms with Crippen LogP contribution in [0.3, 0.4) is 0 Å². The number of fused-ring (bicyclic) bond motifs is 9. The van der Waals surface area contributed by atoms with Gasteiger partial charge in [-0.05, 0) is 95.3 Å². The molecule has 3 heterocycles. The minimum atomic E-state index is 1.04. The van der Waals surface area contributed by atoms with Crippen LogP contribution in [0, 0.1) is 0 Å². The van der Waals surface area contributed by atoms with Crippen LogP contribution in [0.15, 0.2) is 188 Å². The molecule has 0 N–H and O–H groups in total. The number of rotatable bonds is 5. The van der Waals surface area contributed by atoms with E-state index >= 15 is 0 Å². The predicted molar refractivity (Wildman–Crippen MR) is 244 cm³/mol. The van der Waals surface area contributed by atoms with Crippen LogP contribution in [0.1, 0.15) is 17.7 Å². The number of hydrogen-bond donors (Lipinski definition) is 0. The van der Waals surface area contributed by atoms with E-state index in [-0.39, 0.29) is 0 Å². The van der Waals surface area contributed by atoms with Gasteiger partial charge in [0, 0.05) is 64.5 Å². The van der Waals surface area contributed by atoms with Crippen LogP contribution in [0.25, 0.3) is 104 Å². The summed E-state index contributed by atoms with van der Waals surface area (Å²) in [5.74, 6) is 0. The van der Waals surface area contributed by atoms with Gasteiger partial charge in [-0.3, -0.25) is 0 Å². The lowest BCUT2D eigenvalue weighted by atomic mass is 9.97. The van der Waals surface area contributed by atoms with Gasteiger partial charge in [0.25, 0.3) is 0 Å². The van der Waals surface area contributed by atoms with E-state index in [4.69, 9.17) is 0 Å². The van der Waals surface area contributed by atoms with E-state index in [1.54, 1.807) is 0 Å². The molecule has 268 valence electrons. The second-order valence-corrected chi connectivity index (χ2v) is 16.3. The summed E-state index contributed by atoms with van der Waals surface area (Å²) >= 11 is 1.89. The maximum Gasteiger partial charge on any atom is 0.0547 e. The molecule has 11 aromatic rings. The van der Waals surface area contributed by atoms with E-state index in [0.29, 0.717) is 0 Å². The van der Waals surface area contributed by atoms with Gasteiger partial charge in [-0.2, -0.15) is 0 Å². The molecular formula is C54H36N2S. The quantitative estimate of drug-likeness (QED) is 0.166. The third kappa shape index (κ3) is 5.09. The normalized spacial score (nSPS) is 12.7. The molecule has 2 nitrogen and oxygen atoms in total. The maximum absolute atomic E-state index is 2.50. The Kier molecular flexibility index (Phi) is 7.26. The summed E-state index contributed by atoms with van der Waals surface area (Å²) in [5.41, 5.74) is 16.2. The van der Waals surface area contributed by atoms with Gasteiger partial charge < -0.3 is 9.13 Å². The highest BCUT2D eigenvalue weighted by Crippen LogP contribution is 2.44. The van der Waals surface area contributed by atoms with Crippen LogP contribution in [-0.2, 0) is 6.42 Å². The molecule has 0 bridgehead atoms. The smallest absolute Gasteiger partial charge is 0.0547 e. The van der Waals surface area contributed by atoms with E-state index in [2.05, 4.69) is 203 Å². The van der Waals surface area contributed by atoms with Gasteiger partial charge in [-0.25, -0.2) is 0 Å². The van der Waals surface area contributed by atoms with Crippen molar-refractivity contribution in [3.05, 3.63) is 199 Å². The molecule has 0 spiro atoms. The SMILES string of the molecule is C1=Cc2c(n(-c3ccccc3)c3cc(-c4ccc5c6ccccc6n(-c6cc(-c7cccc(-c8ccccc8)c7)c7sc8ccccc8c7c6)c5c4)ccc23)CC1. The second-order valence-electron chi connectivity index (χ2n) is 15.2. The van der Waals surface area contributed by atoms with E-state index in [0.717, 1.165) is 12.8 Å². The van der Waals surface area contributed by atoms with Gasteiger partial charge in [0.15, 0.2) is 0 Å². The van der Waals surface area contributed by atoms with Crippen LogP contribution in [0.4, 0.5) is 0 Å². The number of aromatic nitrogens is 2. The highest BCUT2D eigenvalue weighted by molar-refractivity contribution is 7.26. The van der Waals surface area contributed by atoms with Crippen molar-refractivity contribution in [1.82, 2.24) is 9.13 Å². The van der Waals surface area contributed by atoms with Crippen molar-refractivity contribution >= 4 is 70.3 Å². The lowest BCUT2D eigenvalue weighted by Crippen LogP contribution is -2.02. The number of benzene rings is 8. The van der Waals surface area contributed by atoms with Gasteiger partial charge >= 0.3 is 0 Å². The highest BCUT2D eigenvalue weighted by Gasteiger charge is 2.21. The maximum atomic E-state index is 2.50. The molecule has 3 aromatic heterocycles. The summed E-state index contributed by atoms with van der Waals surface area (Å²) in [4.78, 5) is 0. The minimum Gasteiger partial charge on any atom is -0.313 e. The van der Waals surface area contributed by atoms with Crippen LogP contribution in [0.2, 0.25) is 0 Å². The van der Waals surface area contributed by atoms with Crippen molar-refractivity contribution < 1.29 is 0 Å². The first kappa shape index (κ1) is 32.3. The van der Waals surface area contributed by atoms with Gasteiger partial charge in [0.1, 0.15) is 0 Å². The van der Waals surface area contributed by atoms with Crippen LogP contribution in [-0.4, -0.2) is 9.13 Å². The number of nitrogens with zero attached hydrogens (tertiary/aromatic N) is 2. The molecule has 0 unspecified atom stereocenters. The van der Waals surface area contributed by atoms with E-state index < -0.39 is 0 Å². The second kappa shape index (κ2) is 12.8. The third-order valence-corrected chi connectivity index (χ3v) is 13.2. The molecule has 8 aromatic carbocycles. The van der Waals surface area contributed by atoms with E-state index in [1.165, 1.54) is 109 Å². The van der Waals surface area contributed by atoms with E-state index in [9.17, 15) is 0 Å². The Morgan fingerprint density at radius 2 is 1.05 bits per heavy atom. The number of allylic oxidation sites excluding steroid dienone is 1. The summed E-state index contributed by atoms with van der Waals surface area (Å²) in [6.45, 7) is 0. The molecule has 1 aliphatic carbocycles. The summed E-state index contributed by atoms with van der Waals surface area (Å²) in [6.07, 6.45) is 6.75. The van der Waals surface area contributed by atoms with Gasteiger partial charge in [-0.15, -0.1) is 11.3 Å². The van der Waals surface area contributed by atoms with Gasteiger partial charge in [0.2, 0.25) is 0 Å². The van der Waals surface area contributed by atoms with Crippen LogP contribution >= 0.6 is 11.3 Å². The number of para-hydroxylation sites is 2. The fourth-order valence-corrected chi connectivity index (χ4v) is 10.6. The molecule has 1 aliphatic rings. The Bertz CT molecular complexity index is 3400. The zero-order valence-electron chi connectivity index (χ0n) is 31.2. The lowest BCUT2D eigenvalue weighted by molar-refractivity contribution is 0.888. The van der Waals surface area contributed by atoms with Gasteiger partial charge in [-0.1, -0.05) is 140 Å². The first-order valence-corrected chi connectivity index (χ1v) is 20.6. The van der Waals surface area contributed by atoms with Gasteiger partial charge in [0.05, 0.1) is 16.6 Å². The Labute approximate surface area is 334 Å². The predicted octanol–water partition coefficient (Wildman–Crippen LogP) is 15.1. The average Bonchev–Trinajstić information content (AvgIpc) is 3.94. The topological polar surface area (TPSA) is 9.86 Å². The molecule has 0 radical (unpaired) electrons. The molecule has 0 amide bonds. The summed E-state index contributed by atoms with van der Waals surface area (Å²) in [5, 5.41) is 6.42. The molecule has 0 saturated carbocycles. The summed E-state index contributed by atoms with van der Waals surface area (Å²) in [6, 6.07) is 67.3. The molecule has 57 heavy (non-hydrogen) atoms. The summed E-state index contributed by atoms with van der Waals surface area (Å²) in [7, 11) is 0. The summed E-state index contributed by atoms with van der Waals surface area (Å²) < 4.78 is 7.61. The highest BCUT2D eigenvalue weighted by atomic mass is 32.1. The first-order chi connectivity index (χ1) is 28.3. The van der Waals surface area contributed by atoms with Crippen molar-refractivity contribution in [3.8, 4) is 44.8 Å². The first-order valence-electron chi connectivity index (χ1n) is 19.8. The Morgan fingerprint density at radius 1 is 0.404 bits per heavy atom. The monoisotopic (exact) mass is 744 g/mol. The third-order valence-electron chi connectivity index (χ3n) is 12.0. The molecule has 0 saturated heterocycles. The molecule has 12 rings (SSSR count). The van der Waals surface area contributed by atoms with Crippen molar-refractivity contribution in [1.29, 1.82) is 0 Å². The van der Waals surface area contributed by atoms with Crippen LogP contribution < -0.4 is 0 Å². The van der Waals surface area contributed by atoms with Crippen molar-refractivity contribution in [2.75, 3.05) is 0 Å². The fraction of sp³-hybridized carbons (Fsp3) is 0.0370. The van der Waals surface area contributed by atoms with Crippen molar-refractivity contribution in [2.45, 2.75) is 12.8 Å². The molecule has 0 fully saturated rings. The van der Waals surface area contributed by atoms with Crippen LogP contribution in [0.5, 0.6) is 0 Å². The zero-order chi connectivity index (χ0) is 37.5.